The van der Waals surface area contributed by atoms with Gasteiger partial charge in [0, 0.05) is 0 Å². The smallest absolute Gasteiger partial charge is 0.348 e. The molecule has 0 unspecified atom stereocenters. The molecule has 2 aromatic rings. The van der Waals surface area contributed by atoms with Gasteiger partial charge in [0.2, 0.25) is 0 Å². The van der Waals surface area contributed by atoms with E-state index in [0.717, 1.165) is 24.2 Å². The molecule has 0 radical (unpaired) electrons. The third kappa shape index (κ3) is 3.03. The largest absolute Gasteiger partial charge is 0.493 e. The predicted octanol–water partition coefficient (Wildman–Crippen LogP) is 3.84. The molecule has 1 aromatic carbocycles. The third-order valence-electron chi connectivity index (χ3n) is 4.46. The SMILES string of the molecule is Nc1c(C(=O)O)sc2c(C(=O)O)ccc(OCC3CCCCC3)c12. The number of ether oxygens (including phenoxy) is 1. The van der Waals surface area contributed by atoms with Gasteiger partial charge >= 0.3 is 11.9 Å². The number of carboxylic acids is 2. The zero-order valence-electron chi connectivity index (χ0n) is 13.1. The van der Waals surface area contributed by atoms with Crippen molar-refractivity contribution in [1.29, 1.82) is 0 Å². The standard InChI is InChI=1S/C17H19NO5S/c18-13-12-11(23-8-9-4-2-1-3-5-9)7-6-10(16(19)20)14(12)24-15(13)17(21)22/h6-7,9H,1-5,8,18H2,(H,19,20)(H,21,22). The average molecular weight is 349 g/mol. The van der Waals surface area contributed by atoms with E-state index in [0.29, 0.717) is 28.4 Å². The van der Waals surface area contributed by atoms with Gasteiger partial charge in [0.1, 0.15) is 10.6 Å². The van der Waals surface area contributed by atoms with Crippen molar-refractivity contribution in [1.82, 2.24) is 0 Å². The highest BCUT2D eigenvalue weighted by Crippen LogP contribution is 2.42. The summed E-state index contributed by atoms with van der Waals surface area (Å²) >= 11 is 0.877. The molecule has 1 fully saturated rings. The van der Waals surface area contributed by atoms with Crippen LogP contribution in [0.3, 0.4) is 0 Å². The first-order valence-electron chi connectivity index (χ1n) is 7.93. The lowest BCUT2D eigenvalue weighted by Gasteiger charge is -2.22. The van der Waals surface area contributed by atoms with Crippen molar-refractivity contribution in [3.05, 3.63) is 22.6 Å². The maximum Gasteiger partial charge on any atom is 0.348 e. The topological polar surface area (TPSA) is 110 Å². The molecule has 0 amide bonds. The number of hydrogen-bond acceptors (Lipinski definition) is 5. The summed E-state index contributed by atoms with van der Waals surface area (Å²) in [5.74, 6) is -1.34. The Morgan fingerprint density at radius 2 is 1.88 bits per heavy atom. The molecule has 1 heterocycles. The monoisotopic (exact) mass is 349 g/mol. The second-order valence-corrected chi connectivity index (χ2v) is 7.11. The maximum atomic E-state index is 11.4. The summed E-state index contributed by atoms with van der Waals surface area (Å²) in [6, 6.07) is 3.02. The molecule has 1 aliphatic rings. The molecule has 0 saturated heterocycles. The minimum absolute atomic E-state index is 0.0409. The molecule has 128 valence electrons. The second kappa shape index (κ2) is 6.68. The van der Waals surface area contributed by atoms with Gasteiger partial charge in [0.15, 0.2) is 0 Å². The first-order valence-corrected chi connectivity index (χ1v) is 8.75. The van der Waals surface area contributed by atoms with Gasteiger partial charge in [-0.3, -0.25) is 0 Å². The summed E-state index contributed by atoms with van der Waals surface area (Å²) in [5, 5.41) is 19.0. The highest BCUT2D eigenvalue weighted by atomic mass is 32.1. The van der Waals surface area contributed by atoms with E-state index >= 15 is 0 Å². The Bertz CT molecular complexity index is 792. The van der Waals surface area contributed by atoms with Gasteiger partial charge in [-0.1, -0.05) is 19.3 Å². The van der Waals surface area contributed by atoms with Crippen LogP contribution in [-0.4, -0.2) is 28.8 Å². The first kappa shape index (κ1) is 16.6. The number of nitrogen functional groups attached to an aromatic ring is 1. The molecule has 3 rings (SSSR count). The van der Waals surface area contributed by atoms with Crippen LogP contribution in [0.1, 0.15) is 52.1 Å². The Hall–Kier alpha value is -2.28. The molecule has 0 spiro atoms. The third-order valence-corrected chi connectivity index (χ3v) is 5.69. The summed E-state index contributed by atoms with van der Waals surface area (Å²) in [6.07, 6.45) is 5.90. The Labute approximate surface area is 142 Å². The van der Waals surface area contributed by atoms with Crippen LogP contribution < -0.4 is 10.5 Å². The molecule has 0 aliphatic heterocycles. The quantitative estimate of drug-likeness (QED) is 0.756. The number of fused-ring (bicyclic) bond motifs is 1. The summed E-state index contributed by atoms with van der Waals surface area (Å²) in [6.45, 7) is 0.541. The molecule has 0 atom stereocenters. The van der Waals surface area contributed by atoms with Gasteiger partial charge in [-0.15, -0.1) is 11.3 Å². The molecule has 4 N–H and O–H groups in total. The lowest BCUT2D eigenvalue weighted by Crippen LogP contribution is -2.15. The Balaban J connectivity index is 1.99. The van der Waals surface area contributed by atoms with Crippen molar-refractivity contribution in [2.24, 2.45) is 5.92 Å². The van der Waals surface area contributed by atoms with Crippen molar-refractivity contribution in [2.75, 3.05) is 12.3 Å². The minimum atomic E-state index is -1.16. The summed E-state index contributed by atoms with van der Waals surface area (Å²) < 4.78 is 6.25. The van der Waals surface area contributed by atoms with Crippen LogP contribution in [0.15, 0.2) is 12.1 Å². The predicted molar refractivity (Wildman–Crippen MR) is 92.2 cm³/mol. The molecular weight excluding hydrogens is 330 g/mol. The molecule has 6 nitrogen and oxygen atoms in total. The molecule has 24 heavy (non-hydrogen) atoms. The first-order chi connectivity index (χ1) is 11.5. The highest BCUT2D eigenvalue weighted by Gasteiger charge is 2.24. The molecule has 7 heteroatoms. The van der Waals surface area contributed by atoms with E-state index in [1.165, 1.54) is 25.3 Å². The van der Waals surface area contributed by atoms with Crippen LogP contribution in [-0.2, 0) is 0 Å². The van der Waals surface area contributed by atoms with Crippen LogP contribution in [0.4, 0.5) is 5.69 Å². The normalized spacial score (nSPS) is 15.5. The van der Waals surface area contributed by atoms with E-state index in [1.54, 1.807) is 6.07 Å². The second-order valence-electron chi connectivity index (χ2n) is 6.09. The van der Waals surface area contributed by atoms with Crippen molar-refractivity contribution < 1.29 is 24.5 Å². The van der Waals surface area contributed by atoms with Crippen molar-refractivity contribution >= 4 is 39.0 Å². The van der Waals surface area contributed by atoms with Crippen LogP contribution in [0.25, 0.3) is 10.1 Å². The minimum Gasteiger partial charge on any atom is -0.493 e. The van der Waals surface area contributed by atoms with Gasteiger partial charge in [0.05, 0.1) is 27.9 Å². The van der Waals surface area contributed by atoms with E-state index in [2.05, 4.69) is 0 Å². The fourth-order valence-corrected chi connectivity index (χ4v) is 4.29. The van der Waals surface area contributed by atoms with Crippen molar-refractivity contribution in [3.8, 4) is 5.75 Å². The van der Waals surface area contributed by atoms with E-state index in [9.17, 15) is 19.8 Å². The van der Waals surface area contributed by atoms with E-state index in [4.69, 9.17) is 10.5 Å². The summed E-state index contributed by atoms with van der Waals surface area (Å²) in [5.41, 5.74) is 6.09. The Kier molecular flexibility index (Phi) is 4.62. The number of benzene rings is 1. The van der Waals surface area contributed by atoms with Gasteiger partial charge in [-0.25, -0.2) is 9.59 Å². The van der Waals surface area contributed by atoms with Crippen LogP contribution in [0.5, 0.6) is 5.75 Å². The number of rotatable bonds is 5. The number of nitrogens with two attached hydrogens (primary N) is 1. The van der Waals surface area contributed by atoms with Crippen LogP contribution in [0, 0.1) is 5.92 Å². The van der Waals surface area contributed by atoms with E-state index < -0.39 is 11.9 Å². The van der Waals surface area contributed by atoms with Crippen molar-refractivity contribution in [2.45, 2.75) is 32.1 Å². The molecule has 1 aliphatic carbocycles. The van der Waals surface area contributed by atoms with Crippen LogP contribution >= 0.6 is 11.3 Å². The Morgan fingerprint density at radius 3 is 2.50 bits per heavy atom. The molecule has 1 aromatic heterocycles. The zero-order valence-corrected chi connectivity index (χ0v) is 13.9. The van der Waals surface area contributed by atoms with Crippen LogP contribution in [0.2, 0.25) is 0 Å². The lowest BCUT2D eigenvalue weighted by molar-refractivity contribution is 0.0689. The number of carbonyl (C=O) groups is 2. The fraction of sp³-hybridized carbons (Fsp3) is 0.412. The number of carboxylic acid groups (broad SMARTS) is 2. The number of aromatic carboxylic acids is 2. The van der Waals surface area contributed by atoms with Gasteiger partial charge < -0.3 is 20.7 Å². The van der Waals surface area contributed by atoms with Gasteiger partial charge in [-0.05, 0) is 30.9 Å². The lowest BCUT2D eigenvalue weighted by atomic mass is 9.90. The number of anilines is 1. The number of thiophene rings is 1. The molecule has 1 saturated carbocycles. The highest BCUT2D eigenvalue weighted by molar-refractivity contribution is 7.22. The van der Waals surface area contributed by atoms with Gasteiger partial charge in [0.25, 0.3) is 0 Å². The van der Waals surface area contributed by atoms with E-state index in [1.807, 2.05) is 0 Å². The zero-order chi connectivity index (χ0) is 17.3. The van der Waals surface area contributed by atoms with E-state index in [-0.39, 0.29) is 16.1 Å². The number of hydrogen-bond donors (Lipinski definition) is 3. The fourth-order valence-electron chi connectivity index (χ4n) is 3.21. The summed E-state index contributed by atoms with van der Waals surface area (Å²) in [7, 11) is 0. The molecule has 0 bridgehead atoms. The average Bonchev–Trinajstić information content (AvgIpc) is 2.91. The van der Waals surface area contributed by atoms with Gasteiger partial charge in [-0.2, -0.15) is 0 Å². The molecular formula is C17H19NO5S. The summed E-state index contributed by atoms with van der Waals surface area (Å²) in [4.78, 5) is 22.7. The Morgan fingerprint density at radius 1 is 1.17 bits per heavy atom. The maximum absolute atomic E-state index is 11.4. The van der Waals surface area contributed by atoms with Crippen molar-refractivity contribution in [3.63, 3.8) is 0 Å².